The van der Waals surface area contributed by atoms with Crippen LogP contribution in [-0.4, -0.2) is 40.8 Å². The Hall–Kier alpha value is -0.420. The summed E-state index contributed by atoms with van der Waals surface area (Å²) in [5, 5.41) is 6.53. The minimum absolute atomic E-state index is 0.170. The summed E-state index contributed by atoms with van der Waals surface area (Å²) >= 11 is 0. The molecule has 5 heteroatoms. The van der Waals surface area contributed by atoms with Crippen molar-refractivity contribution >= 4 is 16.7 Å². The first kappa shape index (κ1) is 14.0. The Kier molecular flexibility index (Phi) is 5.18. The van der Waals surface area contributed by atoms with Gasteiger partial charge in [-0.15, -0.1) is 0 Å². The molecule has 0 saturated carbocycles. The van der Waals surface area contributed by atoms with Gasteiger partial charge in [-0.2, -0.15) is 0 Å². The van der Waals surface area contributed by atoms with Crippen LogP contribution >= 0.6 is 0 Å². The molecule has 4 nitrogen and oxygen atoms in total. The number of carbonyl (C=O) groups is 1. The highest BCUT2D eigenvalue weighted by atomic mass is 32.2. The highest BCUT2D eigenvalue weighted by Gasteiger charge is 2.33. The quantitative estimate of drug-likeness (QED) is 0.703. The molecule has 2 N–H and O–H groups in total. The Bertz CT molecular complexity index is 310. The molecule has 0 aliphatic carbocycles. The maximum Gasteiger partial charge on any atom is 0.220 e. The van der Waals surface area contributed by atoms with Gasteiger partial charge in [0.05, 0.1) is 0 Å². The molecule has 18 heavy (non-hydrogen) atoms. The highest BCUT2D eigenvalue weighted by Crippen LogP contribution is 2.32. The normalized spacial score (nSPS) is 32.2. The smallest absolute Gasteiger partial charge is 0.220 e. The number of nitrogens with one attached hydrogen (secondary N) is 2. The number of piperidine rings is 1. The topological polar surface area (TPSA) is 58.2 Å². The maximum absolute atomic E-state index is 11.8. The molecule has 0 aromatic heterocycles. The van der Waals surface area contributed by atoms with E-state index < -0.39 is 10.8 Å². The van der Waals surface area contributed by atoms with E-state index in [1.807, 2.05) is 0 Å². The van der Waals surface area contributed by atoms with E-state index in [4.69, 9.17) is 0 Å². The summed E-state index contributed by atoms with van der Waals surface area (Å²) < 4.78 is 10.9. The van der Waals surface area contributed by atoms with Crippen molar-refractivity contribution in [2.24, 2.45) is 5.92 Å². The van der Waals surface area contributed by atoms with Crippen molar-refractivity contribution in [3.05, 3.63) is 0 Å². The molecule has 2 heterocycles. The molecule has 2 aliphatic rings. The number of fused-ring (bicyclic) bond motifs is 2. The van der Waals surface area contributed by atoms with Gasteiger partial charge in [0.15, 0.2) is 0 Å². The van der Waals surface area contributed by atoms with Crippen LogP contribution in [0, 0.1) is 5.92 Å². The molecular formula is C13H24N2O2S. The third-order valence-corrected chi connectivity index (χ3v) is 4.84. The van der Waals surface area contributed by atoms with Crippen molar-refractivity contribution in [2.75, 3.05) is 18.6 Å². The first-order valence-electron chi connectivity index (χ1n) is 6.96. The van der Waals surface area contributed by atoms with Crippen molar-refractivity contribution in [1.82, 2.24) is 10.6 Å². The van der Waals surface area contributed by atoms with Crippen LogP contribution in [0.4, 0.5) is 0 Å². The van der Waals surface area contributed by atoms with Crippen molar-refractivity contribution in [1.29, 1.82) is 0 Å². The fourth-order valence-electron chi connectivity index (χ4n) is 3.18. The summed E-state index contributed by atoms with van der Waals surface area (Å²) in [5.41, 5.74) is 0. The first-order valence-corrected chi connectivity index (χ1v) is 8.69. The van der Waals surface area contributed by atoms with Crippen LogP contribution in [0.1, 0.15) is 38.5 Å². The lowest BCUT2D eigenvalue weighted by Gasteiger charge is -2.28. The van der Waals surface area contributed by atoms with Gasteiger partial charge in [0.25, 0.3) is 0 Å². The van der Waals surface area contributed by atoms with E-state index in [2.05, 4.69) is 10.6 Å². The average molecular weight is 272 g/mol. The van der Waals surface area contributed by atoms with Gasteiger partial charge in [0.2, 0.25) is 5.91 Å². The number of amides is 1. The Morgan fingerprint density at radius 3 is 2.61 bits per heavy atom. The monoisotopic (exact) mass is 272 g/mol. The molecule has 0 radical (unpaired) electrons. The summed E-state index contributed by atoms with van der Waals surface area (Å²) in [4.78, 5) is 11.8. The third kappa shape index (κ3) is 4.35. The predicted octanol–water partition coefficient (Wildman–Crippen LogP) is 0.792. The Labute approximate surface area is 112 Å². The second-order valence-corrected chi connectivity index (χ2v) is 7.21. The zero-order chi connectivity index (χ0) is 13.0. The standard InChI is InChI=1S/C13H24N2O2S/c1-18(17)6-2-5-14-13(16)9-10-7-11-3-4-12(8-10)15-11/h10-12,15H,2-9H2,1H3,(H,14,16). The fraction of sp³-hybridized carbons (Fsp3) is 0.923. The van der Waals surface area contributed by atoms with E-state index >= 15 is 0 Å². The highest BCUT2D eigenvalue weighted by molar-refractivity contribution is 7.84. The van der Waals surface area contributed by atoms with E-state index in [1.165, 1.54) is 12.8 Å². The van der Waals surface area contributed by atoms with Crippen LogP contribution in [0.15, 0.2) is 0 Å². The lowest BCUT2D eigenvalue weighted by molar-refractivity contribution is -0.122. The van der Waals surface area contributed by atoms with E-state index in [0.29, 0.717) is 36.7 Å². The molecule has 0 aromatic rings. The maximum atomic E-state index is 11.8. The van der Waals surface area contributed by atoms with Crippen molar-refractivity contribution < 1.29 is 9.00 Å². The minimum Gasteiger partial charge on any atom is -0.356 e. The molecule has 2 rings (SSSR count). The van der Waals surface area contributed by atoms with Gasteiger partial charge in [0, 0.05) is 47.9 Å². The average Bonchev–Trinajstić information content (AvgIpc) is 2.64. The van der Waals surface area contributed by atoms with Gasteiger partial charge in [-0.05, 0) is 38.0 Å². The molecule has 104 valence electrons. The predicted molar refractivity (Wildman–Crippen MR) is 73.8 cm³/mol. The zero-order valence-electron chi connectivity index (χ0n) is 11.1. The number of hydrogen-bond donors (Lipinski definition) is 2. The summed E-state index contributed by atoms with van der Waals surface area (Å²) in [6.45, 7) is 0.663. The van der Waals surface area contributed by atoms with Gasteiger partial charge in [-0.25, -0.2) is 0 Å². The van der Waals surface area contributed by atoms with Crippen molar-refractivity contribution in [2.45, 2.75) is 50.6 Å². The van der Waals surface area contributed by atoms with Crippen LogP contribution in [0.2, 0.25) is 0 Å². The van der Waals surface area contributed by atoms with Gasteiger partial charge < -0.3 is 10.6 Å². The largest absolute Gasteiger partial charge is 0.356 e. The summed E-state index contributed by atoms with van der Waals surface area (Å²) in [7, 11) is -0.747. The Morgan fingerprint density at radius 1 is 1.33 bits per heavy atom. The second kappa shape index (κ2) is 6.66. The molecule has 2 fully saturated rings. The lowest BCUT2D eigenvalue weighted by atomic mass is 9.89. The molecule has 0 aromatic carbocycles. The SMILES string of the molecule is CS(=O)CCCNC(=O)CC1CC2CCC(C1)N2. The van der Waals surface area contributed by atoms with Gasteiger partial charge in [-0.3, -0.25) is 9.00 Å². The molecular weight excluding hydrogens is 248 g/mol. The number of rotatable bonds is 6. The molecule has 3 atom stereocenters. The van der Waals surface area contributed by atoms with Crippen LogP contribution in [-0.2, 0) is 15.6 Å². The zero-order valence-corrected chi connectivity index (χ0v) is 11.9. The van der Waals surface area contributed by atoms with E-state index in [9.17, 15) is 9.00 Å². The fourth-order valence-corrected chi connectivity index (χ4v) is 3.73. The lowest BCUT2D eigenvalue weighted by Crippen LogP contribution is -2.39. The summed E-state index contributed by atoms with van der Waals surface area (Å²) in [5.74, 6) is 1.41. The van der Waals surface area contributed by atoms with Gasteiger partial charge in [0.1, 0.15) is 0 Å². The van der Waals surface area contributed by atoms with Crippen molar-refractivity contribution in [3.8, 4) is 0 Å². The van der Waals surface area contributed by atoms with Crippen molar-refractivity contribution in [3.63, 3.8) is 0 Å². The van der Waals surface area contributed by atoms with Crippen LogP contribution in [0.5, 0.6) is 0 Å². The molecule has 2 aliphatic heterocycles. The Morgan fingerprint density at radius 2 is 2.00 bits per heavy atom. The first-order chi connectivity index (χ1) is 8.63. The van der Waals surface area contributed by atoms with E-state index in [-0.39, 0.29) is 5.91 Å². The van der Waals surface area contributed by atoms with Gasteiger partial charge >= 0.3 is 0 Å². The van der Waals surface area contributed by atoms with Crippen LogP contribution < -0.4 is 10.6 Å². The van der Waals surface area contributed by atoms with Gasteiger partial charge in [-0.1, -0.05) is 0 Å². The molecule has 2 bridgehead atoms. The second-order valence-electron chi connectivity index (χ2n) is 5.66. The number of carbonyl (C=O) groups excluding carboxylic acids is 1. The van der Waals surface area contributed by atoms with E-state index in [0.717, 1.165) is 19.3 Å². The molecule has 3 unspecified atom stereocenters. The number of hydrogen-bond acceptors (Lipinski definition) is 3. The van der Waals surface area contributed by atoms with Crippen LogP contribution in [0.25, 0.3) is 0 Å². The third-order valence-electron chi connectivity index (χ3n) is 3.98. The molecule has 2 saturated heterocycles. The van der Waals surface area contributed by atoms with E-state index in [1.54, 1.807) is 6.26 Å². The summed E-state index contributed by atoms with van der Waals surface area (Å²) in [6.07, 6.45) is 8.06. The Balaban J connectivity index is 1.61. The van der Waals surface area contributed by atoms with Crippen LogP contribution in [0.3, 0.4) is 0 Å². The summed E-state index contributed by atoms with van der Waals surface area (Å²) in [6, 6.07) is 1.31. The molecule has 0 spiro atoms. The minimum atomic E-state index is -0.747. The molecule has 1 amide bonds.